The van der Waals surface area contributed by atoms with Crippen molar-refractivity contribution in [1.82, 2.24) is 9.97 Å². The normalized spacial score (nSPS) is 10.4. The van der Waals surface area contributed by atoms with Crippen LogP contribution < -0.4 is 10.2 Å². The first kappa shape index (κ1) is 12.8. The lowest BCUT2D eigenvalue weighted by molar-refractivity contribution is 0.861. The zero-order chi connectivity index (χ0) is 13.0. The number of nitrogens with one attached hydrogen (secondary N) is 1. The molecule has 0 atom stereocenters. The van der Waals surface area contributed by atoms with E-state index in [4.69, 9.17) is 0 Å². The van der Waals surface area contributed by atoms with Crippen LogP contribution in [0.2, 0.25) is 0 Å². The zero-order valence-corrected chi connectivity index (χ0v) is 11.8. The van der Waals surface area contributed by atoms with Gasteiger partial charge < -0.3 is 10.2 Å². The molecule has 18 heavy (non-hydrogen) atoms. The molecule has 0 radical (unpaired) electrons. The van der Waals surface area contributed by atoms with Crippen LogP contribution in [0.3, 0.4) is 0 Å². The summed E-state index contributed by atoms with van der Waals surface area (Å²) in [6, 6.07) is 4.13. The van der Waals surface area contributed by atoms with Gasteiger partial charge in [0.25, 0.3) is 0 Å². The van der Waals surface area contributed by atoms with E-state index in [9.17, 15) is 0 Å². The highest BCUT2D eigenvalue weighted by Gasteiger charge is 2.06. The SMILES string of the molecule is CNc1cc(N(C)CCc2sccc2C)ncn1. The molecular formula is C13H18N4S. The Hall–Kier alpha value is -1.62. The fourth-order valence-corrected chi connectivity index (χ4v) is 2.64. The van der Waals surface area contributed by atoms with Gasteiger partial charge in [-0.3, -0.25) is 0 Å². The maximum Gasteiger partial charge on any atom is 0.133 e. The first-order valence-corrected chi connectivity index (χ1v) is 6.82. The Morgan fingerprint density at radius 2 is 2.22 bits per heavy atom. The summed E-state index contributed by atoms with van der Waals surface area (Å²) in [6.07, 6.45) is 2.65. The predicted molar refractivity (Wildman–Crippen MR) is 77.6 cm³/mol. The first-order chi connectivity index (χ1) is 8.70. The number of aryl methyl sites for hydroxylation is 1. The van der Waals surface area contributed by atoms with Gasteiger partial charge in [-0.25, -0.2) is 9.97 Å². The molecule has 0 spiro atoms. The number of thiophene rings is 1. The van der Waals surface area contributed by atoms with Crippen LogP contribution in [0.1, 0.15) is 10.4 Å². The molecule has 0 aliphatic rings. The van der Waals surface area contributed by atoms with Crippen molar-refractivity contribution in [3.8, 4) is 0 Å². The second-order valence-electron chi connectivity index (χ2n) is 4.21. The molecule has 2 aromatic rings. The van der Waals surface area contributed by atoms with Gasteiger partial charge in [0, 0.05) is 31.6 Å². The van der Waals surface area contributed by atoms with E-state index in [2.05, 4.69) is 45.6 Å². The van der Waals surface area contributed by atoms with Crippen LogP contribution in [0.15, 0.2) is 23.8 Å². The van der Waals surface area contributed by atoms with Crippen molar-refractivity contribution in [3.63, 3.8) is 0 Å². The highest BCUT2D eigenvalue weighted by molar-refractivity contribution is 7.10. The fourth-order valence-electron chi connectivity index (χ4n) is 1.74. The largest absolute Gasteiger partial charge is 0.373 e. The van der Waals surface area contributed by atoms with E-state index in [1.807, 2.05) is 24.5 Å². The lowest BCUT2D eigenvalue weighted by Gasteiger charge is -2.18. The molecule has 0 aromatic carbocycles. The summed E-state index contributed by atoms with van der Waals surface area (Å²) in [4.78, 5) is 12.0. The Labute approximate surface area is 112 Å². The topological polar surface area (TPSA) is 41.0 Å². The van der Waals surface area contributed by atoms with Gasteiger partial charge in [0.15, 0.2) is 0 Å². The number of nitrogens with zero attached hydrogens (tertiary/aromatic N) is 3. The van der Waals surface area contributed by atoms with Crippen molar-refractivity contribution in [1.29, 1.82) is 0 Å². The molecule has 1 N–H and O–H groups in total. The molecule has 0 saturated heterocycles. The molecule has 2 heterocycles. The zero-order valence-electron chi connectivity index (χ0n) is 11.0. The molecule has 2 aromatic heterocycles. The summed E-state index contributed by atoms with van der Waals surface area (Å²) in [5.74, 6) is 1.79. The second-order valence-corrected chi connectivity index (χ2v) is 5.21. The van der Waals surface area contributed by atoms with E-state index in [-0.39, 0.29) is 0 Å². The monoisotopic (exact) mass is 262 g/mol. The number of anilines is 2. The summed E-state index contributed by atoms with van der Waals surface area (Å²) in [6.45, 7) is 3.12. The first-order valence-electron chi connectivity index (χ1n) is 5.94. The van der Waals surface area contributed by atoms with Crippen LogP contribution in [-0.2, 0) is 6.42 Å². The van der Waals surface area contributed by atoms with Gasteiger partial charge in [0.05, 0.1) is 0 Å². The molecule has 4 nitrogen and oxygen atoms in total. The highest BCUT2D eigenvalue weighted by atomic mass is 32.1. The van der Waals surface area contributed by atoms with Crippen molar-refractivity contribution in [3.05, 3.63) is 34.3 Å². The fraction of sp³-hybridized carbons (Fsp3) is 0.385. The molecule has 5 heteroatoms. The van der Waals surface area contributed by atoms with E-state index in [1.54, 1.807) is 6.33 Å². The maximum atomic E-state index is 4.29. The summed E-state index contributed by atoms with van der Waals surface area (Å²) in [5.41, 5.74) is 1.38. The van der Waals surface area contributed by atoms with E-state index < -0.39 is 0 Å². The summed E-state index contributed by atoms with van der Waals surface area (Å²) in [5, 5.41) is 5.17. The van der Waals surface area contributed by atoms with Crippen LogP contribution in [0.4, 0.5) is 11.6 Å². The third-order valence-electron chi connectivity index (χ3n) is 2.94. The number of aromatic nitrogens is 2. The third-order valence-corrected chi connectivity index (χ3v) is 4.03. The van der Waals surface area contributed by atoms with Gasteiger partial charge in [0.2, 0.25) is 0 Å². The lowest BCUT2D eigenvalue weighted by Crippen LogP contribution is -2.21. The standard InChI is InChI=1S/C13H18N4S/c1-10-5-7-18-11(10)4-6-17(3)13-8-12(14-2)15-9-16-13/h5,7-9H,4,6H2,1-3H3,(H,14,15,16). The van der Waals surface area contributed by atoms with E-state index >= 15 is 0 Å². The predicted octanol–water partition coefficient (Wildman–Crippen LogP) is 2.57. The molecule has 0 bridgehead atoms. The average molecular weight is 262 g/mol. The Balaban J connectivity index is 1.99. The average Bonchev–Trinajstić information content (AvgIpc) is 2.81. The van der Waals surface area contributed by atoms with E-state index in [0.29, 0.717) is 0 Å². The number of hydrogen-bond donors (Lipinski definition) is 1. The van der Waals surface area contributed by atoms with Crippen LogP contribution in [0.25, 0.3) is 0 Å². The van der Waals surface area contributed by atoms with Crippen LogP contribution in [0.5, 0.6) is 0 Å². The number of likely N-dealkylation sites (N-methyl/N-ethyl adjacent to an activating group) is 1. The Bertz CT molecular complexity index is 509. The Kier molecular flexibility index (Phi) is 4.15. The van der Waals surface area contributed by atoms with Gasteiger partial charge in [-0.2, -0.15) is 0 Å². The smallest absolute Gasteiger partial charge is 0.133 e. The molecule has 0 fully saturated rings. The van der Waals surface area contributed by atoms with Crippen molar-refractivity contribution in [2.24, 2.45) is 0 Å². The van der Waals surface area contributed by atoms with Crippen molar-refractivity contribution in [2.45, 2.75) is 13.3 Å². The van der Waals surface area contributed by atoms with Gasteiger partial charge in [-0.1, -0.05) is 0 Å². The highest BCUT2D eigenvalue weighted by Crippen LogP contribution is 2.18. The van der Waals surface area contributed by atoms with Crippen LogP contribution in [0, 0.1) is 6.92 Å². The number of rotatable bonds is 5. The van der Waals surface area contributed by atoms with Crippen LogP contribution >= 0.6 is 11.3 Å². The van der Waals surface area contributed by atoms with E-state index in [1.165, 1.54) is 10.4 Å². The van der Waals surface area contributed by atoms with Gasteiger partial charge >= 0.3 is 0 Å². The Morgan fingerprint density at radius 3 is 2.89 bits per heavy atom. The molecule has 2 rings (SSSR count). The maximum absolute atomic E-state index is 4.29. The van der Waals surface area contributed by atoms with Crippen molar-refractivity contribution < 1.29 is 0 Å². The van der Waals surface area contributed by atoms with Gasteiger partial charge in [0.1, 0.15) is 18.0 Å². The quantitative estimate of drug-likeness (QED) is 0.899. The van der Waals surface area contributed by atoms with Crippen LogP contribution in [-0.4, -0.2) is 30.6 Å². The summed E-state index contributed by atoms with van der Waals surface area (Å²) < 4.78 is 0. The lowest BCUT2D eigenvalue weighted by atomic mass is 10.2. The molecular weight excluding hydrogens is 244 g/mol. The molecule has 0 aliphatic heterocycles. The third kappa shape index (κ3) is 2.98. The molecule has 96 valence electrons. The van der Waals surface area contributed by atoms with Gasteiger partial charge in [-0.05, 0) is 30.4 Å². The Morgan fingerprint density at radius 1 is 1.39 bits per heavy atom. The minimum Gasteiger partial charge on any atom is -0.373 e. The molecule has 0 aliphatic carbocycles. The second kappa shape index (κ2) is 5.82. The molecule has 0 unspecified atom stereocenters. The molecule has 0 amide bonds. The van der Waals surface area contributed by atoms with Crippen molar-refractivity contribution in [2.75, 3.05) is 30.9 Å². The summed E-state index contributed by atoms with van der Waals surface area (Å²) >= 11 is 1.82. The number of hydrogen-bond acceptors (Lipinski definition) is 5. The van der Waals surface area contributed by atoms with E-state index in [0.717, 1.165) is 24.6 Å². The molecule has 0 saturated carbocycles. The minimum atomic E-state index is 0.846. The minimum absolute atomic E-state index is 0.846. The van der Waals surface area contributed by atoms with Gasteiger partial charge in [-0.15, -0.1) is 11.3 Å². The summed E-state index contributed by atoms with van der Waals surface area (Å²) in [7, 11) is 3.92. The van der Waals surface area contributed by atoms with Crippen molar-refractivity contribution >= 4 is 23.0 Å².